The van der Waals surface area contributed by atoms with Crippen LogP contribution in [0.3, 0.4) is 0 Å². The van der Waals surface area contributed by atoms with Crippen LogP contribution in [0.2, 0.25) is 0 Å². The lowest BCUT2D eigenvalue weighted by molar-refractivity contribution is 0.371. The quantitative estimate of drug-likeness (QED) is 0.222. The van der Waals surface area contributed by atoms with Crippen molar-refractivity contribution in [2.24, 2.45) is 5.73 Å². The first-order valence-corrected chi connectivity index (χ1v) is 12.8. The number of phenols is 1. The molecule has 3 aromatic rings. The Morgan fingerprint density at radius 1 is 0.944 bits per heavy atom. The van der Waals surface area contributed by atoms with Crippen molar-refractivity contribution >= 4 is 16.7 Å². The molecule has 0 aliphatic carbocycles. The molecule has 0 saturated heterocycles. The number of hydrogen-bond acceptors (Lipinski definition) is 8. The second kappa shape index (κ2) is 14.5. The maximum Gasteiger partial charge on any atom is 0.204 e. The lowest BCUT2D eigenvalue weighted by Gasteiger charge is -2.19. The van der Waals surface area contributed by atoms with E-state index < -0.39 is 0 Å². The van der Waals surface area contributed by atoms with Crippen molar-refractivity contribution < 1.29 is 14.3 Å². The molecule has 8 heteroatoms. The Hall–Kier alpha value is -3.07. The van der Waals surface area contributed by atoms with E-state index in [0.29, 0.717) is 11.1 Å². The van der Waals surface area contributed by atoms with E-state index in [4.69, 9.17) is 14.9 Å². The summed E-state index contributed by atoms with van der Waals surface area (Å²) in [7, 11) is 3.52. The number of unbranched alkanes of at least 4 members (excludes halogenated alkanes) is 2. The van der Waals surface area contributed by atoms with Gasteiger partial charge in [0.2, 0.25) is 5.75 Å². The van der Waals surface area contributed by atoms with Crippen LogP contribution < -0.4 is 31.4 Å². The van der Waals surface area contributed by atoms with E-state index in [9.17, 15) is 9.90 Å². The molecule has 2 aromatic carbocycles. The predicted molar refractivity (Wildman–Crippen MR) is 147 cm³/mol. The number of nitrogens with zero attached hydrogens (tertiary/aromatic N) is 1. The van der Waals surface area contributed by atoms with E-state index in [1.165, 1.54) is 19.2 Å². The van der Waals surface area contributed by atoms with Gasteiger partial charge in [-0.05, 0) is 101 Å². The van der Waals surface area contributed by atoms with E-state index >= 15 is 0 Å². The van der Waals surface area contributed by atoms with E-state index in [1.807, 2.05) is 24.3 Å². The fourth-order valence-corrected chi connectivity index (χ4v) is 4.11. The number of anilines is 1. The third-order valence-electron chi connectivity index (χ3n) is 6.24. The fourth-order valence-electron chi connectivity index (χ4n) is 4.11. The summed E-state index contributed by atoms with van der Waals surface area (Å²) in [5.41, 5.74) is 7.45. The second-order valence-corrected chi connectivity index (χ2v) is 8.99. The first-order valence-electron chi connectivity index (χ1n) is 12.8. The highest BCUT2D eigenvalue weighted by atomic mass is 16.5. The summed E-state index contributed by atoms with van der Waals surface area (Å²) in [6, 6.07) is 12.4. The molecule has 0 spiro atoms. The summed E-state index contributed by atoms with van der Waals surface area (Å²) < 4.78 is 11.2. The van der Waals surface area contributed by atoms with Crippen LogP contribution in [-0.4, -0.2) is 58.5 Å². The predicted octanol–water partition coefficient (Wildman–Crippen LogP) is 3.70. The Balaban J connectivity index is 1.44. The number of ether oxygens (including phenoxy) is 1. The number of fused-ring (bicyclic) bond motifs is 1. The topological polar surface area (TPSA) is 113 Å². The highest BCUT2D eigenvalue weighted by Crippen LogP contribution is 2.35. The highest BCUT2D eigenvalue weighted by molar-refractivity contribution is 5.86. The third kappa shape index (κ3) is 7.71. The lowest BCUT2D eigenvalue weighted by atomic mass is 10.1. The number of aromatic hydroxyl groups is 1. The molecular formula is C28H40N4O4. The van der Waals surface area contributed by atoms with Crippen LogP contribution in [0.15, 0.2) is 51.7 Å². The van der Waals surface area contributed by atoms with Crippen molar-refractivity contribution in [2.75, 3.05) is 58.3 Å². The van der Waals surface area contributed by atoms with E-state index in [2.05, 4.69) is 22.6 Å². The first kappa shape index (κ1) is 27.5. The van der Waals surface area contributed by atoms with Crippen molar-refractivity contribution in [3.05, 3.63) is 52.7 Å². The Kier molecular flexibility index (Phi) is 11.1. The number of benzene rings is 2. The molecule has 1 heterocycles. The molecule has 0 saturated carbocycles. The van der Waals surface area contributed by atoms with Crippen LogP contribution in [0.5, 0.6) is 11.5 Å². The molecule has 0 aliphatic heterocycles. The minimum Gasteiger partial charge on any atom is -0.504 e. The van der Waals surface area contributed by atoms with E-state index in [-0.39, 0.29) is 22.5 Å². The minimum atomic E-state index is -0.182. The van der Waals surface area contributed by atoms with Crippen LogP contribution in [0.25, 0.3) is 22.3 Å². The van der Waals surface area contributed by atoms with Gasteiger partial charge in [-0.3, -0.25) is 4.79 Å². The van der Waals surface area contributed by atoms with E-state index in [0.717, 1.165) is 82.6 Å². The zero-order valence-corrected chi connectivity index (χ0v) is 21.5. The number of rotatable bonds is 16. The van der Waals surface area contributed by atoms with E-state index in [1.54, 1.807) is 6.07 Å². The lowest BCUT2D eigenvalue weighted by Crippen LogP contribution is -2.24. The molecule has 0 bridgehead atoms. The van der Waals surface area contributed by atoms with Gasteiger partial charge in [0, 0.05) is 30.9 Å². The van der Waals surface area contributed by atoms with Gasteiger partial charge >= 0.3 is 0 Å². The number of phenolic OH excluding ortho intramolecular Hbond substituents is 1. The summed E-state index contributed by atoms with van der Waals surface area (Å²) in [6.45, 7) is 5.91. The fraction of sp³-hybridized carbons (Fsp3) is 0.464. The van der Waals surface area contributed by atoms with Gasteiger partial charge in [-0.2, -0.15) is 0 Å². The number of hydrogen-bond donors (Lipinski definition) is 4. The van der Waals surface area contributed by atoms with Gasteiger partial charge in [0.1, 0.15) is 5.76 Å². The van der Waals surface area contributed by atoms with Gasteiger partial charge in [-0.25, -0.2) is 0 Å². The van der Waals surface area contributed by atoms with Crippen LogP contribution in [0.4, 0.5) is 5.69 Å². The summed E-state index contributed by atoms with van der Waals surface area (Å²) >= 11 is 0. The molecule has 0 fully saturated rings. The van der Waals surface area contributed by atoms with Gasteiger partial charge in [0.25, 0.3) is 0 Å². The number of nitrogens with two attached hydrogens (primary N) is 1. The van der Waals surface area contributed by atoms with Crippen LogP contribution in [0, 0.1) is 0 Å². The third-order valence-corrected chi connectivity index (χ3v) is 6.24. The second-order valence-electron chi connectivity index (χ2n) is 8.99. The monoisotopic (exact) mass is 496 g/mol. The molecule has 0 unspecified atom stereocenters. The molecular weight excluding hydrogens is 456 g/mol. The summed E-state index contributed by atoms with van der Waals surface area (Å²) in [6.07, 6.45) is 5.61. The maximum atomic E-state index is 12.6. The first-order chi connectivity index (χ1) is 17.5. The van der Waals surface area contributed by atoms with Crippen molar-refractivity contribution in [3.63, 3.8) is 0 Å². The Morgan fingerprint density at radius 3 is 2.28 bits per heavy atom. The molecule has 0 aliphatic rings. The van der Waals surface area contributed by atoms with Gasteiger partial charge in [-0.15, -0.1) is 0 Å². The Labute approximate surface area is 213 Å². The zero-order valence-electron chi connectivity index (χ0n) is 21.5. The smallest absolute Gasteiger partial charge is 0.204 e. The standard InChI is InChI=1S/C28H40N4O4/c1-32(19-6-5-16-31-18-7-17-30-15-4-3-14-29)22-10-8-21(9-11-22)26-20-25(34)23-12-13-24(33)28(35-2)27(23)36-26/h8-13,20,30-31,33H,3-7,14-19,29H2,1-2H3. The molecule has 0 radical (unpaired) electrons. The van der Waals surface area contributed by atoms with Crippen molar-refractivity contribution in [3.8, 4) is 22.8 Å². The highest BCUT2D eigenvalue weighted by Gasteiger charge is 2.15. The average Bonchev–Trinajstić information content (AvgIpc) is 2.89. The minimum absolute atomic E-state index is 0.0662. The maximum absolute atomic E-state index is 12.6. The van der Waals surface area contributed by atoms with Crippen LogP contribution in [0.1, 0.15) is 32.1 Å². The SMILES string of the molecule is COc1c(O)ccc2c(=O)cc(-c3ccc(N(C)CCCCNCCCNCCCCN)cc3)oc12. The molecule has 5 N–H and O–H groups in total. The molecule has 1 aromatic heterocycles. The van der Waals surface area contributed by atoms with Crippen molar-refractivity contribution in [1.29, 1.82) is 0 Å². The molecule has 36 heavy (non-hydrogen) atoms. The van der Waals surface area contributed by atoms with Gasteiger partial charge in [0.15, 0.2) is 16.8 Å². The molecule has 0 amide bonds. The summed E-state index contributed by atoms with van der Waals surface area (Å²) in [5.74, 6) is 0.526. The molecule has 8 nitrogen and oxygen atoms in total. The Bertz CT molecular complexity index is 1130. The van der Waals surface area contributed by atoms with Gasteiger partial charge in [-0.1, -0.05) is 0 Å². The molecule has 3 rings (SSSR count). The van der Waals surface area contributed by atoms with Crippen molar-refractivity contribution in [1.82, 2.24) is 10.6 Å². The van der Waals surface area contributed by atoms with Crippen molar-refractivity contribution in [2.45, 2.75) is 32.1 Å². The van der Waals surface area contributed by atoms with Crippen LogP contribution >= 0.6 is 0 Å². The zero-order chi connectivity index (χ0) is 25.8. The Morgan fingerprint density at radius 2 is 1.61 bits per heavy atom. The van der Waals surface area contributed by atoms with Gasteiger partial charge in [0.05, 0.1) is 12.5 Å². The largest absolute Gasteiger partial charge is 0.504 e. The summed E-state index contributed by atoms with van der Waals surface area (Å²) in [5, 5.41) is 17.4. The van der Waals surface area contributed by atoms with Crippen LogP contribution in [-0.2, 0) is 0 Å². The normalized spacial score (nSPS) is 11.2. The molecule has 0 atom stereocenters. The molecule has 196 valence electrons. The number of nitrogens with one attached hydrogen (secondary N) is 2. The number of methoxy groups -OCH3 is 1. The average molecular weight is 497 g/mol. The summed E-state index contributed by atoms with van der Waals surface area (Å²) in [4.78, 5) is 14.8. The van der Waals surface area contributed by atoms with Gasteiger partial charge < -0.3 is 35.5 Å².